The summed E-state index contributed by atoms with van der Waals surface area (Å²) in [6.45, 7) is 0. The molecule has 4 rings (SSSR count). The van der Waals surface area contributed by atoms with Crippen molar-refractivity contribution in [3.63, 3.8) is 0 Å². The van der Waals surface area contributed by atoms with Crippen molar-refractivity contribution in [2.75, 3.05) is 5.32 Å². The maximum atomic E-state index is 13.0. The lowest BCUT2D eigenvalue weighted by Gasteiger charge is -2.21. The van der Waals surface area contributed by atoms with Crippen LogP contribution in [0.5, 0.6) is 0 Å². The van der Waals surface area contributed by atoms with E-state index in [1.165, 1.54) is 18.2 Å². The average Bonchev–Trinajstić information content (AvgIpc) is 2.67. The van der Waals surface area contributed by atoms with Crippen LogP contribution in [0.4, 0.5) is 17.1 Å². The van der Waals surface area contributed by atoms with E-state index in [4.69, 9.17) is 11.6 Å². The van der Waals surface area contributed by atoms with Crippen LogP contribution in [0, 0.1) is 10.1 Å². The molecule has 0 saturated heterocycles. The molecule has 1 aliphatic rings. The Hall–Kier alpha value is -3.51. The molecule has 0 atom stereocenters. The number of carbonyl (C=O) groups is 2. The summed E-state index contributed by atoms with van der Waals surface area (Å²) in [6, 6.07) is 15.6. The first-order valence-electron chi connectivity index (χ1n) is 8.00. The van der Waals surface area contributed by atoms with E-state index in [0.717, 1.165) is 0 Å². The van der Waals surface area contributed by atoms with Crippen LogP contribution in [0.25, 0.3) is 0 Å². The molecular formula is C20H11ClN2O4. The van der Waals surface area contributed by atoms with Crippen LogP contribution in [0.2, 0.25) is 5.02 Å². The largest absolute Gasteiger partial charge is 0.354 e. The number of fused-ring (bicyclic) bond motifs is 2. The van der Waals surface area contributed by atoms with Crippen LogP contribution in [-0.4, -0.2) is 16.5 Å². The topological polar surface area (TPSA) is 89.3 Å². The number of nitro benzene ring substituents is 1. The van der Waals surface area contributed by atoms with Crippen molar-refractivity contribution in [2.24, 2.45) is 0 Å². The van der Waals surface area contributed by atoms with Gasteiger partial charge in [0.1, 0.15) is 0 Å². The van der Waals surface area contributed by atoms with Gasteiger partial charge < -0.3 is 5.32 Å². The minimum absolute atomic E-state index is 0.136. The summed E-state index contributed by atoms with van der Waals surface area (Å²) < 4.78 is 0. The molecule has 0 heterocycles. The van der Waals surface area contributed by atoms with Crippen molar-refractivity contribution in [1.29, 1.82) is 0 Å². The van der Waals surface area contributed by atoms with Crippen LogP contribution >= 0.6 is 11.6 Å². The lowest BCUT2D eigenvalue weighted by Crippen LogP contribution is -2.22. The predicted octanol–water partition coefficient (Wildman–Crippen LogP) is 4.77. The van der Waals surface area contributed by atoms with Gasteiger partial charge in [0.05, 0.1) is 26.9 Å². The Labute approximate surface area is 158 Å². The number of nitrogens with zero attached hydrogens (tertiary/aromatic N) is 1. The fourth-order valence-corrected chi connectivity index (χ4v) is 3.34. The number of halogens is 1. The number of ketones is 2. The standard InChI is InChI=1S/C20H11ClN2O4/c21-15-10-11(23(26)27)8-9-16(15)22-17-7-3-6-14-18(17)20(25)13-5-2-1-4-12(13)19(14)24/h1-10,22H. The van der Waals surface area contributed by atoms with Gasteiger partial charge in [0.25, 0.3) is 5.69 Å². The second-order valence-electron chi connectivity index (χ2n) is 5.98. The summed E-state index contributed by atoms with van der Waals surface area (Å²) in [7, 11) is 0. The molecule has 132 valence electrons. The van der Waals surface area contributed by atoms with E-state index in [1.807, 2.05) is 0 Å². The van der Waals surface area contributed by atoms with E-state index < -0.39 is 4.92 Å². The highest BCUT2D eigenvalue weighted by Crippen LogP contribution is 2.35. The molecule has 0 bridgehead atoms. The minimum atomic E-state index is -0.542. The monoisotopic (exact) mass is 378 g/mol. The van der Waals surface area contributed by atoms with E-state index in [0.29, 0.717) is 28.1 Å². The third-order valence-electron chi connectivity index (χ3n) is 4.39. The van der Waals surface area contributed by atoms with E-state index in [1.54, 1.807) is 42.5 Å². The minimum Gasteiger partial charge on any atom is -0.354 e. The SMILES string of the molecule is O=C1c2ccccc2C(=O)c2c(Nc3ccc([N+](=O)[O-])cc3Cl)cccc21. The highest BCUT2D eigenvalue weighted by molar-refractivity contribution is 6.34. The molecule has 0 aromatic heterocycles. The van der Waals surface area contributed by atoms with Crippen molar-refractivity contribution in [3.05, 3.63) is 98.1 Å². The highest BCUT2D eigenvalue weighted by Gasteiger charge is 2.31. The molecule has 7 heteroatoms. The van der Waals surface area contributed by atoms with Gasteiger partial charge >= 0.3 is 0 Å². The summed E-state index contributed by atoms with van der Waals surface area (Å²) >= 11 is 6.13. The number of nitro groups is 1. The molecule has 0 aliphatic heterocycles. The zero-order chi connectivity index (χ0) is 19.1. The summed E-state index contributed by atoms with van der Waals surface area (Å²) in [5.41, 5.74) is 1.96. The van der Waals surface area contributed by atoms with E-state index >= 15 is 0 Å². The first kappa shape index (κ1) is 16.9. The average molecular weight is 379 g/mol. The Balaban J connectivity index is 1.80. The number of nitrogens with one attached hydrogen (secondary N) is 1. The van der Waals surface area contributed by atoms with Crippen LogP contribution in [-0.2, 0) is 0 Å². The van der Waals surface area contributed by atoms with Gasteiger partial charge in [-0.1, -0.05) is 48.0 Å². The maximum absolute atomic E-state index is 13.0. The Morgan fingerprint density at radius 3 is 2.15 bits per heavy atom. The quantitative estimate of drug-likeness (QED) is 0.410. The van der Waals surface area contributed by atoms with Gasteiger partial charge in [-0.05, 0) is 12.1 Å². The summed E-state index contributed by atoms with van der Waals surface area (Å²) in [5, 5.41) is 14.0. The Kier molecular flexibility index (Phi) is 3.97. The summed E-state index contributed by atoms with van der Waals surface area (Å²) in [6.07, 6.45) is 0. The van der Waals surface area contributed by atoms with Gasteiger partial charge in [0.2, 0.25) is 0 Å². The molecule has 0 radical (unpaired) electrons. The van der Waals surface area contributed by atoms with Gasteiger partial charge in [-0.25, -0.2) is 0 Å². The van der Waals surface area contributed by atoms with Crippen molar-refractivity contribution in [2.45, 2.75) is 0 Å². The number of carbonyl (C=O) groups excluding carboxylic acids is 2. The fourth-order valence-electron chi connectivity index (χ4n) is 3.11. The molecular weight excluding hydrogens is 368 g/mol. The van der Waals surface area contributed by atoms with Crippen molar-refractivity contribution >= 4 is 40.2 Å². The molecule has 6 nitrogen and oxygen atoms in total. The van der Waals surface area contributed by atoms with E-state index in [9.17, 15) is 19.7 Å². The molecule has 0 fully saturated rings. The fraction of sp³-hybridized carbons (Fsp3) is 0. The smallest absolute Gasteiger partial charge is 0.271 e. The molecule has 0 amide bonds. The van der Waals surface area contributed by atoms with Crippen LogP contribution in [0.15, 0.2) is 60.7 Å². The highest BCUT2D eigenvalue weighted by atomic mass is 35.5. The number of hydrogen-bond acceptors (Lipinski definition) is 5. The molecule has 0 spiro atoms. The molecule has 3 aromatic rings. The van der Waals surface area contributed by atoms with Gasteiger partial charge in [-0.2, -0.15) is 0 Å². The Bertz CT molecular complexity index is 1140. The molecule has 0 saturated carbocycles. The molecule has 1 N–H and O–H groups in total. The van der Waals surface area contributed by atoms with Crippen molar-refractivity contribution in [1.82, 2.24) is 0 Å². The summed E-state index contributed by atoms with van der Waals surface area (Å²) in [5.74, 6) is -0.486. The first-order valence-corrected chi connectivity index (χ1v) is 8.37. The second-order valence-corrected chi connectivity index (χ2v) is 6.39. The van der Waals surface area contributed by atoms with Crippen LogP contribution in [0.3, 0.4) is 0 Å². The van der Waals surface area contributed by atoms with Crippen molar-refractivity contribution in [3.8, 4) is 0 Å². The lowest BCUT2D eigenvalue weighted by atomic mass is 9.83. The molecule has 0 unspecified atom stereocenters. The third-order valence-corrected chi connectivity index (χ3v) is 4.70. The first-order chi connectivity index (χ1) is 13.0. The zero-order valence-electron chi connectivity index (χ0n) is 13.7. The second kappa shape index (κ2) is 6.34. The Morgan fingerprint density at radius 2 is 1.48 bits per heavy atom. The number of anilines is 2. The summed E-state index contributed by atoms with van der Waals surface area (Å²) in [4.78, 5) is 36.1. The molecule has 1 aliphatic carbocycles. The number of rotatable bonds is 3. The van der Waals surface area contributed by atoms with E-state index in [2.05, 4.69) is 5.32 Å². The van der Waals surface area contributed by atoms with Crippen LogP contribution in [0.1, 0.15) is 31.8 Å². The zero-order valence-corrected chi connectivity index (χ0v) is 14.5. The molecule has 3 aromatic carbocycles. The van der Waals surface area contributed by atoms with Crippen molar-refractivity contribution < 1.29 is 14.5 Å². The number of benzene rings is 3. The van der Waals surface area contributed by atoms with Crippen LogP contribution < -0.4 is 5.32 Å². The van der Waals surface area contributed by atoms with Gasteiger partial charge in [0, 0.05) is 28.8 Å². The number of non-ortho nitro benzene ring substituents is 1. The molecule has 27 heavy (non-hydrogen) atoms. The Morgan fingerprint density at radius 1 is 0.815 bits per heavy atom. The van der Waals surface area contributed by atoms with Gasteiger partial charge in [0.15, 0.2) is 11.6 Å². The number of hydrogen-bond donors (Lipinski definition) is 1. The van der Waals surface area contributed by atoms with E-state index in [-0.39, 0.29) is 27.8 Å². The predicted molar refractivity (Wildman–Crippen MR) is 101 cm³/mol. The third kappa shape index (κ3) is 2.76. The van der Waals surface area contributed by atoms with Gasteiger partial charge in [-0.15, -0.1) is 0 Å². The maximum Gasteiger partial charge on any atom is 0.271 e. The van der Waals surface area contributed by atoms with Gasteiger partial charge in [-0.3, -0.25) is 19.7 Å². The lowest BCUT2D eigenvalue weighted by molar-refractivity contribution is -0.384. The normalized spacial score (nSPS) is 12.3.